The summed E-state index contributed by atoms with van der Waals surface area (Å²) in [6.07, 6.45) is 2.01. The maximum Gasteiger partial charge on any atom is 0.237 e. The van der Waals surface area contributed by atoms with Crippen molar-refractivity contribution in [3.8, 4) is 5.88 Å². The van der Waals surface area contributed by atoms with Crippen LogP contribution in [0.4, 0.5) is 0 Å². The molecule has 0 saturated carbocycles. The fourth-order valence-corrected chi connectivity index (χ4v) is 1.98. The van der Waals surface area contributed by atoms with Gasteiger partial charge >= 0.3 is 0 Å². The maximum atomic E-state index is 11.9. The molecule has 1 heterocycles. The SMILES string of the molecule is Cl.Cl.NC(Cc1ccccc1)C(=O)NCCOc1ccc(Cl)cn1. The molecule has 3 N–H and O–H groups in total. The van der Waals surface area contributed by atoms with Crippen LogP contribution in [0.3, 0.4) is 0 Å². The molecule has 0 fully saturated rings. The first-order valence-corrected chi connectivity index (χ1v) is 7.34. The number of carbonyl (C=O) groups excluding carboxylic acids is 1. The Morgan fingerprint density at radius 1 is 1.21 bits per heavy atom. The maximum absolute atomic E-state index is 11.9. The van der Waals surface area contributed by atoms with Gasteiger partial charge in [-0.1, -0.05) is 41.9 Å². The fourth-order valence-electron chi connectivity index (χ4n) is 1.87. The Hall–Kier alpha value is -1.53. The number of aromatic nitrogens is 1. The lowest BCUT2D eigenvalue weighted by molar-refractivity contribution is -0.122. The second kappa shape index (κ2) is 11.9. The Kier molecular flexibility index (Phi) is 11.2. The number of nitrogens with zero attached hydrogens (tertiary/aromatic N) is 1. The average molecular weight is 393 g/mol. The summed E-state index contributed by atoms with van der Waals surface area (Å²) in [5.41, 5.74) is 6.91. The van der Waals surface area contributed by atoms with E-state index < -0.39 is 6.04 Å². The van der Waals surface area contributed by atoms with Crippen LogP contribution in [-0.4, -0.2) is 30.1 Å². The Bertz CT molecular complexity index is 597. The molecule has 2 rings (SSSR count). The zero-order valence-corrected chi connectivity index (χ0v) is 15.2. The Balaban J connectivity index is 0.00000264. The summed E-state index contributed by atoms with van der Waals surface area (Å²) >= 11 is 5.73. The minimum atomic E-state index is -0.573. The molecule has 24 heavy (non-hydrogen) atoms. The van der Waals surface area contributed by atoms with Gasteiger partial charge in [0.15, 0.2) is 0 Å². The minimum absolute atomic E-state index is 0. The average Bonchev–Trinajstić information content (AvgIpc) is 2.54. The highest BCUT2D eigenvalue weighted by molar-refractivity contribution is 6.30. The molecule has 0 aliphatic heterocycles. The molecule has 132 valence electrons. The molecule has 1 aromatic heterocycles. The third-order valence-corrected chi connectivity index (χ3v) is 3.21. The van der Waals surface area contributed by atoms with Crippen molar-refractivity contribution in [1.29, 1.82) is 0 Å². The van der Waals surface area contributed by atoms with Gasteiger partial charge in [0.2, 0.25) is 11.8 Å². The van der Waals surface area contributed by atoms with Crippen LogP contribution < -0.4 is 15.8 Å². The predicted molar refractivity (Wildman–Crippen MR) is 100 cm³/mol. The highest BCUT2D eigenvalue weighted by atomic mass is 35.5. The van der Waals surface area contributed by atoms with Crippen LogP contribution in [0.15, 0.2) is 48.7 Å². The second-order valence-corrected chi connectivity index (χ2v) is 5.19. The number of carbonyl (C=O) groups is 1. The van der Waals surface area contributed by atoms with Gasteiger partial charge in [0, 0.05) is 12.3 Å². The van der Waals surface area contributed by atoms with Crippen molar-refractivity contribution in [1.82, 2.24) is 10.3 Å². The van der Waals surface area contributed by atoms with E-state index in [1.165, 1.54) is 6.20 Å². The minimum Gasteiger partial charge on any atom is -0.476 e. The van der Waals surface area contributed by atoms with Gasteiger partial charge < -0.3 is 15.8 Å². The topological polar surface area (TPSA) is 77.2 Å². The molecule has 0 saturated heterocycles. The Morgan fingerprint density at radius 2 is 1.92 bits per heavy atom. The zero-order chi connectivity index (χ0) is 15.8. The van der Waals surface area contributed by atoms with Crippen LogP contribution in [0, 0.1) is 0 Å². The van der Waals surface area contributed by atoms with Crippen molar-refractivity contribution in [2.45, 2.75) is 12.5 Å². The van der Waals surface area contributed by atoms with Gasteiger partial charge in [-0.05, 0) is 18.1 Å². The normalized spacial score (nSPS) is 10.8. The molecule has 0 radical (unpaired) electrons. The molecule has 1 aromatic carbocycles. The summed E-state index contributed by atoms with van der Waals surface area (Å²) in [6.45, 7) is 0.685. The number of hydrogen-bond acceptors (Lipinski definition) is 4. The number of rotatable bonds is 7. The van der Waals surface area contributed by atoms with Crippen molar-refractivity contribution in [3.63, 3.8) is 0 Å². The monoisotopic (exact) mass is 391 g/mol. The summed E-state index contributed by atoms with van der Waals surface area (Å²) in [5.74, 6) is 0.267. The first-order valence-electron chi connectivity index (χ1n) is 6.97. The van der Waals surface area contributed by atoms with E-state index in [1.54, 1.807) is 12.1 Å². The summed E-state index contributed by atoms with van der Waals surface area (Å²) < 4.78 is 5.38. The third kappa shape index (κ3) is 7.84. The molecule has 0 aliphatic rings. The second-order valence-electron chi connectivity index (χ2n) is 4.75. The molecule has 0 spiro atoms. The van der Waals surface area contributed by atoms with Crippen LogP contribution in [0.2, 0.25) is 5.02 Å². The number of ether oxygens (including phenoxy) is 1. The molecule has 1 unspecified atom stereocenters. The van der Waals surface area contributed by atoms with E-state index in [2.05, 4.69) is 10.3 Å². The largest absolute Gasteiger partial charge is 0.476 e. The summed E-state index contributed by atoms with van der Waals surface area (Å²) in [7, 11) is 0. The molecule has 1 atom stereocenters. The fraction of sp³-hybridized carbons (Fsp3) is 0.250. The molecular formula is C16H20Cl3N3O2. The molecule has 1 amide bonds. The third-order valence-electron chi connectivity index (χ3n) is 2.99. The van der Waals surface area contributed by atoms with Crippen LogP contribution in [-0.2, 0) is 11.2 Å². The molecule has 0 aliphatic carbocycles. The first-order chi connectivity index (χ1) is 10.6. The lowest BCUT2D eigenvalue weighted by Crippen LogP contribution is -2.43. The summed E-state index contributed by atoms with van der Waals surface area (Å²) in [5, 5.41) is 3.29. The van der Waals surface area contributed by atoms with Crippen LogP contribution in [0.25, 0.3) is 0 Å². The summed E-state index contributed by atoms with van der Waals surface area (Å²) in [6, 6.07) is 12.5. The first kappa shape index (κ1) is 22.5. The van der Waals surface area contributed by atoms with Gasteiger partial charge in [0.1, 0.15) is 6.61 Å². The number of amides is 1. The van der Waals surface area contributed by atoms with Gasteiger partial charge in [0.05, 0.1) is 17.6 Å². The molecule has 0 bridgehead atoms. The number of halogens is 3. The highest BCUT2D eigenvalue weighted by Gasteiger charge is 2.13. The number of pyridine rings is 1. The van der Waals surface area contributed by atoms with Gasteiger partial charge in [-0.2, -0.15) is 0 Å². The number of benzene rings is 1. The molecule has 5 nitrogen and oxygen atoms in total. The number of hydrogen-bond donors (Lipinski definition) is 2. The predicted octanol–water partition coefficient (Wildman–Crippen LogP) is 2.64. The van der Waals surface area contributed by atoms with E-state index >= 15 is 0 Å². The van der Waals surface area contributed by atoms with Crippen molar-refractivity contribution in [2.24, 2.45) is 5.73 Å². The molecule has 2 aromatic rings. The van der Waals surface area contributed by atoms with E-state index in [0.29, 0.717) is 30.5 Å². The summed E-state index contributed by atoms with van der Waals surface area (Å²) in [4.78, 5) is 15.9. The van der Waals surface area contributed by atoms with E-state index in [9.17, 15) is 4.79 Å². The Labute approximate surface area is 158 Å². The van der Waals surface area contributed by atoms with E-state index in [0.717, 1.165) is 5.56 Å². The van der Waals surface area contributed by atoms with Gasteiger partial charge in [0.25, 0.3) is 0 Å². The highest BCUT2D eigenvalue weighted by Crippen LogP contribution is 2.10. The van der Waals surface area contributed by atoms with Gasteiger partial charge in [-0.25, -0.2) is 4.98 Å². The van der Waals surface area contributed by atoms with Crippen molar-refractivity contribution >= 4 is 42.3 Å². The van der Waals surface area contributed by atoms with Crippen LogP contribution >= 0.6 is 36.4 Å². The van der Waals surface area contributed by atoms with Crippen LogP contribution in [0.5, 0.6) is 5.88 Å². The van der Waals surface area contributed by atoms with E-state index in [4.69, 9.17) is 22.1 Å². The van der Waals surface area contributed by atoms with Crippen molar-refractivity contribution < 1.29 is 9.53 Å². The molecular weight excluding hydrogens is 373 g/mol. The number of nitrogens with two attached hydrogens (primary N) is 1. The van der Waals surface area contributed by atoms with Gasteiger partial charge in [-0.15, -0.1) is 24.8 Å². The van der Waals surface area contributed by atoms with Gasteiger partial charge in [-0.3, -0.25) is 4.79 Å². The lowest BCUT2D eigenvalue weighted by Gasteiger charge is -2.12. The van der Waals surface area contributed by atoms with Crippen LogP contribution in [0.1, 0.15) is 5.56 Å². The quantitative estimate of drug-likeness (QED) is 0.710. The van der Waals surface area contributed by atoms with E-state index in [-0.39, 0.29) is 30.7 Å². The molecule has 8 heteroatoms. The van der Waals surface area contributed by atoms with E-state index in [1.807, 2.05) is 30.3 Å². The standard InChI is InChI=1S/C16H18ClN3O2.2ClH/c17-13-6-7-15(20-11-13)22-9-8-19-16(21)14(18)10-12-4-2-1-3-5-12;;/h1-7,11,14H,8-10,18H2,(H,19,21);2*1H. The van der Waals surface area contributed by atoms with Crippen molar-refractivity contribution in [3.05, 3.63) is 59.2 Å². The van der Waals surface area contributed by atoms with Crippen molar-refractivity contribution in [2.75, 3.05) is 13.2 Å². The zero-order valence-electron chi connectivity index (χ0n) is 12.9. The lowest BCUT2D eigenvalue weighted by atomic mass is 10.1. The smallest absolute Gasteiger partial charge is 0.237 e. The Morgan fingerprint density at radius 3 is 2.54 bits per heavy atom. The number of nitrogens with one attached hydrogen (secondary N) is 1.